The average Bonchev–Trinajstić information content (AvgIpc) is 2.89. The SMILES string of the molecule is CC(Oc1cccc(Cl)c1)C(=O)NOC1CCCC1. The molecule has 0 radical (unpaired) electrons. The van der Waals surface area contributed by atoms with Gasteiger partial charge in [-0.2, -0.15) is 0 Å². The molecule has 0 aromatic heterocycles. The molecule has 0 spiro atoms. The van der Waals surface area contributed by atoms with E-state index in [9.17, 15) is 4.79 Å². The van der Waals surface area contributed by atoms with Crippen LogP contribution in [0.15, 0.2) is 24.3 Å². The molecule has 0 saturated heterocycles. The summed E-state index contributed by atoms with van der Waals surface area (Å²) in [6, 6.07) is 6.95. The normalized spacial score (nSPS) is 17.2. The fourth-order valence-electron chi connectivity index (χ4n) is 2.03. The van der Waals surface area contributed by atoms with Gasteiger partial charge in [-0.1, -0.05) is 30.5 Å². The second-order valence-corrected chi connectivity index (χ2v) is 5.14. The highest BCUT2D eigenvalue weighted by Crippen LogP contribution is 2.20. The average molecular weight is 284 g/mol. The Morgan fingerprint density at radius 2 is 2.16 bits per heavy atom. The van der Waals surface area contributed by atoms with E-state index in [1.54, 1.807) is 31.2 Å². The van der Waals surface area contributed by atoms with Crippen molar-refractivity contribution in [1.29, 1.82) is 0 Å². The molecular formula is C14H18ClNO3. The number of ether oxygens (including phenoxy) is 1. The summed E-state index contributed by atoms with van der Waals surface area (Å²) in [5.74, 6) is 0.280. The maximum atomic E-state index is 11.8. The summed E-state index contributed by atoms with van der Waals surface area (Å²) in [5.41, 5.74) is 2.46. The molecule has 1 unspecified atom stereocenters. The summed E-state index contributed by atoms with van der Waals surface area (Å²) >= 11 is 5.85. The zero-order chi connectivity index (χ0) is 13.7. The molecule has 1 amide bonds. The lowest BCUT2D eigenvalue weighted by atomic mass is 10.3. The first-order valence-corrected chi connectivity index (χ1v) is 6.90. The zero-order valence-corrected chi connectivity index (χ0v) is 11.7. The van der Waals surface area contributed by atoms with Gasteiger partial charge in [-0.25, -0.2) is 5.48 Å². The molecule has 104 valence electrons. The minimum Gasteiger partial charge on any atom is -0.481 e. The van der Waals surface area contributed by atoms with Crippen LogP contribution in [0.5, 0.6) is 5.75 Å². The Morgan fingerprint density at radius 3 is 2.84 bits per heavy atom. The smallest absolute Gasteiger partial charge is 0.284 e. The summed E-state index contributed by atoms with van der Waals surface area (Å²) in [6.45, 7) is 1.67. The molecule has 0 bridgehead atoms. The van der Waals surface area contributed by atoms with Crippen LogP contribution >= 0.6 is 11.6 Å². The number of hydrogen-bond acceptors (Lipinski definition) is 3. The van der Waals surface area contributed by atoms with Crippen LogP contribution in [-0.4, -0.2) is 18.1 Å². The van der Waals surface area contributed by atoms with Crippen molar-refractivity contribution in [2.45, 2.75) is 44.8 Å². The number of nitrogens with one attached hydrogen (secondary N) is 1. The van der Waals surface area contributed by atoms with Crippen molar-refractivity contribution in [2.24, 2.45) is 0 Å². The van der Waals surface area contributed by atoms with Gasteiger partial charge in [0.2, 0.25) is 0 Å². The minimum absolute atomic E-state index is 0.141. The van der Waals surface area contributed by atoms with E-state index in [1.165, 1.54) is 0 Å². The first-order chi connectivity index (χ1) is 9.15. The number of rotatable bonds is 5. The molecular weight excluding hydrogens is 266 g/mol. The second kappa shape index (κ2) is 6.78. The van der Waals surface area contributed by atoms with E-state index in [0.717, 1.165) is 25.7 Å². The van der Waals surface area contributed by atoms with Gasteiger partial charge in [0.05, 0.1) is 6.10 Å². The number of amides is 1. The highest BCUT2D eigenvalue weighted by atomic mass is 35.5. The highest BCUT2D eigenvalue weighted by Gasteiger charge is 2.20. The van der Waals surface area contributed by atoms with Crippen molar-refractivity contribution in [3.05, 3.63) is 29.3 Å². The number of carbonyl (C=O) groups is 1. The summed E-state index contributed by atoms with van der Waals surface area (Å²) in [7, 11) is 0. The molecule has 1 aliphatic carbocycles. The fraction of sp³-hybridized carbons (Fsp3) is 0.500. The van der Waals surface area contributed by atoms with E-state index in [1.807, 2.05) is 0 Å². The predicted molar refractivity (Wildman–Crippen MR) is 73.0 cm³/mol. The van der Waals surface area contributed by atoms with E-state index >= 15 is 0 Å². The maximum Gasteiger partial charge on any atom is 0.284 e. The van der Waals surface area contributed by atoms with Gasteiger partial charge in [-0.05, 0) is 38.0 Å². The highest BCUT2D eigenvalue weighted by molar-refractivity contribution is 6.30. The Kier molecular flexibility index (Phi) is 5.05. The van der Waals surface area contributed by atoms with Gasteiger partial charge in [0.1, 0.15) is 5.75 Å². The standard InChI is InChI=1S/C14H18ClNO3/c1-10(18-13-8-4-5-11(15)9-13)14(17)16-19-12-6-2-3-7-12/h4-5,8-10,12H,2-3,6-7H2,1H3,(H,16,17). The Morgan fingerprint density at radius 1 is 1.42 bits per heavy atom. The molecule has 19 heavy (non-hydrogen) atoms. The Bertz CT molecular complexity index is 432. The third kappa shape index (κ3) is 4.40. The lowest BCUT2D eigenvalue weighted by molar-refractivity contribution is -0.144. The topological polar surface area (TPSA) is 47.6 Å². The van der Waals surface area contributed by atoms with Crippen molar-refractivity contribution in [1.82, 2.24) is 5.48 Å². The summed E-state index contributed by atoms with van der Waals surface area (Å²) < 4.78 is 5.50. The number of benzene rings is 1. The van der Waals surface area contributed by atoms with Crippen molar-refractivity contribution in [3.8, 4) is 5.75 Å². The molecule has 1 saturated carbocycles. The fourth-order valence-corrected chi connectivity index (χ4v) is 2.21. The van der Waals surface area contributed by atoms with E-state index in [-0.39, 0.29) is 12.0 Å². The van der Waals surface area contributed by atoms with Crippen LogP contribution < -0.4 is 10.2 Å². The van der Waals surface area contributed by atoms with Crippen LogP contribution in [0.1, 0.15) is 32.6 Å². The Labute approximate surface area is 118 Å². The molecule has 5 heteroatoms. The number of halogens is 1. The monoisotopic (exact) mass is 283 g/mol. The number of hydrogen-bond donors (Lipinski definition) is 1. The van der Waals surface area contributed by atoms with Gasteiger partial charge < -0.3 is 4.74 Å². The third-order valence-electron chi connectivity index (χ3n) is 3.11. The molecule has 1 N–H and O–H groups in total. The number of carbonyl (C=O) groups excluding carboxylic acids is 1. The van der Waals surface area contributed by atoms with Crippen LogP contribution in [0.2, 0.25) is 5.02 Å². The van der Waals surface area contributed by atoms with Crippen LogP contribution in [0, 0.1) is 0 Å². The van der Waals surface area contributed by atoms with Crippen molar-refractivity contribution in [3.63, 3.8) is 0 Å². The van der Waals surface area contributed by atoms with Crippen LogP contribution in [0.25, 0.3) is 0 Å². The largest absolute Gasteiger partial charge is 0.481 e. The van der Waals surface area contributed by atoms with E-state index in [4.69, 9.17) is 21.2 Å². The quantitative estimate of drug-likeness (QED) is 0.845. The van der Waals surface area contributed by atoms with Gasteiger partial charge in [-0.3, -0.25) is 9.63 Å². The van der Waals surface area contributed by atoms with E-state index in [2.05, 4.69) is 5.48 Å². The second-order valence-electron chi connectivity index (χ2n) is 4.71. The Balaban J connectivity index is 1.78. The van der Waals surface area contributed by atoms with E-state index in [0.29, 0.717) is 10.8 Å². The van der Waals surface area contributed by atoms with Gasteiger partial charge in [-0.15, -0.1) is 0 Å². The Hall–Kier alpha value is -1.26. The van der Waals surface area contributed by atoms with Crippen LogP contribution in [-0.2, 0) is 9.63 Å². The molecule has 0 aliphatic heterocycles. The third-order valence-corrected chi connectivity index (χ3v) is 3.34. The van der Waals surface area contributed by atoms with Gasteiger partial charge in [0.15, 0.2) is 6.10 Å². The molecule has 0 heterocycles. The summed E-state index contributed by atoms with van der Waals surface area (Å²) in [4.78, 5) is 17.1. The van der Waals surface area contributed by atoms with Crippen molar-refractivity contribution >= 4 is 17.5 Å². The van der Waals surface area contributed by atoms with E-state index < -0.39 is 6.10 Å². The molecule has 2 rings (SSSR count). The van der Waals surface area contributed by atoms with Gasteiger partial charge in [0, 0.05) is 5.02 Å². The van der Waals surface area contributed by atoms with Crippen LogP contribution in [0.3, 0.4) is 0 Å². The first kappa shape index (κ1) is 14.2. The lowest BCUT2D eigenvalue weighted by Crippen LogP contribution is -2.38. The molecule has 1 aliphatic rings. The van der Waals surface area contributed by atoms with Gasteiger partial charge in [0.25, 0.3) is 5.91 Å². The minimum atomic E-state index is -0.625. The zero-order valence-electron chi connectivity index (χ0n) is 10.9. The predicted octanol–water partition coefficient (Wildman–Crippen LogP) is 3.10. The summed E-state index contributed by atoms with van der Waals surface area (Å²) in [5, 5.41) is 0.576. The lowest BCUT2D eigenvalue weighted by Gasteiger charge is -2.16. The van der Waals surface area contributed by atoms with Gasteiger partial charge >= 0.3 is 0 Å². The molecule has 1 aromatic rings. The maximum absolute atomic E-state index is 11.8. The van der Waals surface area contributed by atoms with Crippen LogP contribution in [0.4, 0.5) is 0 Å². The first-order valence-electron chi connectivity index (χ1n) is 6.53. The van der Waals surface area contributed by atoms with Crippen molar-refractivity contribution < 1.29 is 14.4 Å². The molecule has 1 atom stereocenters. The number of hydroxylamine groups is 1. The summed E-state index contributed by atoms with van der Waals surface area (Å²) in [6.07, 6.45) is 3.85. The molecule has 1 fully saturated rings. The molecule has 4 nitrogen and oxygen atoms in total. The van der Waals surface area contributed by atoms with Crippen molar-refractivity contribution in [2.75, 3.05) is 0 Å². The molecule has 1 aromatic carbocycles.